The summed E-state index contributed by atoms with van der Waals surface area (Å²) in [5.74, 6) is -2.34. The molecule has 2 atom stereocenters. The molecule has 0 saturated heterocycles. The molecule has 0 radical (unpaired) electrons. The van der Waals surface area contributed by atoms with E-state index in [0.29, 0.717) is 22.4 Å². The number of aliphatic carboxylic acids is 2. The number of nitrogens with zero attached hydrogens (tertiary/aromatic N) is 7. The largest absolute Gasteiger partial charge is 0.480 e. The number of nitrogens with one attached hydrogen (secondary N) is 1. The van der Waals surface area contributed by atoms with Gasteiger partial charge in [-0.25, -0.2) is 19.5 Å². The van der Waals surface area contributed by atoms with Crippen LogP contribution in [0.1, 0.15) is 47.2 Å². The summed E-state index contributed by atoms with van der Waals surface area (Å²) in [6.07, 6.45) is 1.30. The first-order valence-electron chi connectivity index (χ1n) is 13.1. The highest BCUT2D eigenvalue weighted by Gasteiger charge is 2.30. The molecule has 0 fully saturated rings. The first kappa shape index (κ1) is 28.3. The van der Waals surface area contributed by atoms with Gasteiger partial charge in [0.1, 0.15) is 12.4 Å². The maximum absolute atomic E-state index is 14.0. The molecule has 2 aromatic carbocycles. The molecule has 1 unspecified atom stereocenters. The number of aromatic nitrogens is 6. The van der Waals surface area contributed by atoms with Crippen molar-refractivity contribution in [3.8, 4) is 0 Å². The molecule has 0 amide bonds. The highest BCUT2D eigenvalue weighted by atomic mass is 19.3. The van der Waals surface area contributed by atoms with Crippen LogP contribution in [0.15, 0.2) is 46.2 Å². The van der Waals surface area contributed by atoms with E-state index in [4.69, 9.17) is 5.11 Å². The maximum atomic E-state index is 14.0. The molecule has 2 heterocycles. The summed E-state index contributed by atoms with van der Waals surface area (Å²) in [7, 11) is 1.83. The number of benzene rings is 2. The van der Waals surface area contributed by atoms with Crippen molar-refractivity contribution in [3.05, 3.63) is 75.1 Å². The topological polar surface area (TPSA) is 189 Å². The number of para-hydroxylation sites is 1. The van der Waals surface area contributed by atoms with Gasteiger partial charge in [-0.1, -0.05) is 12.1 Å². The molecule has 14 nitrogen and oxygen atoms in total. The minimum Gasteiger partial charge on any atom is -0.480 e. The molecule has 42 heavy (non-hydrogen) atoms. The van der Waals surface area contributed by atoms with Crippen molar-refractivity contribution in [1.82, 2.24) is 30.2 Å². The highest BCUT2D eigenvalue weighted by molar-refractivity contribution is 6.00. The zero-order valence-electron chi connectivity index (χ0n) is 22.7. The lowest BCUT2D eigenvalue weighted by Gasteiger charge is -2.29. The molecule has 218 valence electrons. The molecule has 2 aromatic heterocycles. The Balaban J connectivity index is 1.44. The second kappa shape index (κ2) is 11.7. The molecule has 4 aromatic rings. The van der Waals surface area contributed by atoms with Crippen LogP contribution >= 0.6 is 0 Å². The number of rotatable bonds is 10. The zero-order chi connectivity index (χ0) is 30.0. The van der Waals surface area contributed by atoms with Gasteiger partial charge in [0, 0.05) is 23.7 Å². The molecule has 0 spiro atoms. The third-order valence-electron chi connectivity index (χ3n) is 7.28. The quantitative estimate of drug-likeness (QED) is 0.185. The molecule has 3 N–H and O–H groups in total. The van der Waals surface area contributed by atoms with E-state index < -0.39 is 30.4 Å². The summed E-state index contributed by atoms with van der Waals surface area (Å²) < 4.78 is 15.0. The Morgan fingerprint density at radius 1 is 1.29 bits per heavy atom. The number of carbonyl (C=O) groups is 2. The van der Waals surface area contributed by atoms with Crippen LogP contribution in [-0.2, 0) is 33.9 Å². The predicted molar refractivity (Wildman–Crippen MR) is 147 cm³/mol. The van der Waals surface area contributed by atoms with Crippen LogP contribution in [0.25, 0.3) is 10.9 Å². The number of aliphatic imine (C=N–C) groups is 1. The average Bonchev–Trinajstić information content (AvgIpc) is 3.57. The number of H-pyrrole nitrogens is 1. The normalized spacial score (nSPS) is 15.4. The van der Waals surface area contributed by atoms with Gasteiger partial charge >= 0.3 is 11.9 Å². The minimum atomic E-state index is -1.44. The van der Waals surface area contributed by atoms with E-state index in [1.807, 2.05) is 24.1 Å². The average molecular weight is 579 g/mol. The Morgan fingerprint density at radius 2 is 2.07 bits per heavy atom. The molecular formula is C27H27FN8O6. The van der Waals surface area contributed by atoms with Crippen LogP contribution in [0.4, 0.5) is 10.2 Å². The van der Waals surface area contributed by atoms with Gasteiger partial charge in [-0.3, -0.25) is 14.5 Å². The van der Waals surface area contributed by atoms with Gasteiger partial charge in [-0.05, 0) is 72.0 Å². The summed E-state index contributed by atoms with van der Waals surface area (Å²) in [6.45, 7) is 1.23. The second-order valence-corrected chi connectivity index (χ2v) is 9.95. The van der Waals surface area contributed by atoms with Crippen LogP contribution in [-0.4, -0.2) is 71.3 Å². The second-order valence-electron chi connectivity index (χ2n) is 9.95. The fourth-order valence-corrected chi connectivity index (χ4v) is 5.30. The van der Waals surface area contributed by atoms with E-state index in [1.54, 1.807) is 31.2 Å². The summed E-state index contributed by atoms with van der Waals surface area (Å²) in [6, 6.07) is 8.89. The Hall–Kier alpha value is -5.21. The Labute approximate surface area is 237 Å². The van der Waals surface area contributed by atoms with Crippen LogP contribution in [0.3, 0.4) is 0 Å². The number of halogens is 1. The van der Waals surface area contributed by atoms with Crippen molar-refractivity contribution in [2.45, 2.75) is 51.2 Å². The van der Waals surface area contributed by atoms with Gasteiger partial charge in [-0.15, -0.1) is 5.10 Å². The lowest BCUT2D eigenvalue weighted by atomic mass is 10.0. The molecule has 0 bridgehead atoms. The standard InChI is InChI=1S/C27H27FN8O6/c1-14-29-20-11-15-7-9-22(17(15)12-18(20)25(39)30-14)35(2)21-6-4-3-5-16(21)26(42-28)31-19(27(40)41)8-10-23-32-33-34-36(23)13-24(37)38/h3-6,11-12,19,22H,7-10,13H2,1-2H3,(H,37,38)(H,40,41)(H,29,30,39)/t19-,22?/m0/s1. The van der Waals surface area contributed by atoms with Gasteiger partial charge in [0.15, 0.2) is 11.9 Å². The number of carboxylic acid groups (broad SMARTS) is 2. The van der Waals surface area contributed by atoms with E-state index >= 15 is 0 Å². The molecule has 5 rings (SSSR count). The number of hydrogen-bond acceptors (Lipinski definition) is 10. The number of anilines is 1. The number of hydrogen-bond donors (Lipinski definition) is 3. The molecule has 15 heteroatoms. The molecule has 0 saturated carbocycles. The van der Waals surface area contributed by atoms with Crippen molar-refractivity contribution in [2.24, 2.45) is 4.99 Å². The molecule has 1 aliphatic rings. The van der Waals surface area contributed by atoms with Crippen molar-refractivity contribution in [3.63, 3.8) is 0 Å². The lowest BCUT2D eigenvalue weighted by molar-refractivity contribution is -0.139. The van der Waals surface area contributed by atoms with Gasteiger partial charge in [0.05, 0.1) is 22.5 Å². The van der Waals surface area contributed by atoms with Crippen LogP contribution in [0, 0.1) is 6.92 Å². The number of fused-ring (bicyclic) bond motifs is 2. The van der Waals surface area contributed by atoms with Crippen molar-refractivity contribution < 1.29 is 29.3 Å². The fourth-order valence-electron chi connectivity index (χ4n) is 5.30. The predicted octanol–water partition coefficient (Wildman–Crippen LogP) is 2.16. The van der Waals surface area contributed by atoms with Crippen molar-refractivity contribution in [1.29, 1.82) is 0 Å². The minimum absolute atomic E-state index is 0.0256. The van der Waals surface area contributed by atoms with Crippen molar-refractivity contribution in [2.75, 3.05) is 11.9 Å². The SMILES string of the molecule is Cc1nc2cc3c(cc2c(=O)[nH]1)C(N(C)c1ccccc1C(=N[C@@H](CCc1nnnn1CC(=O)O)C(=O)O)OF)CC3. The van der Waals surface area contributed by atoms with Crippen LogP contribution < -0.4 is 10.5 Å². The maximum Gasteiger partial charge on any atom is 0.328 e. The smallest absolute Gasteiger partial charge is 0.328 e. The van der Waals surface area contributed by atoms with E-state index in [-0.39, 0.29) is 35.8 Å². The lowest BCUT2D eigenvalue weighted by Crippen LogP contribution is -2.26. The fraction of sp³-hybridized carbons (Fsp3) is 0.333. The monoisotopic (exact) mass is 578 g/mol. The first-order valence-corrected chi connectivity index (χ1v) is 13.1. The van der Waals surface area contributed by atoms with E-state index in [0.717, 1.165) is 28.7 Å². The summed E-state index contributed by atoms with van der Waals surface area (Å²) in [5, 5.41) is 30.1. The number of carboxylic acids is 2. The van der Waals surface area contributed by atoms with E-state index in [2.05, 4.69) is 35.4 Å². The third kappa shape index (κ3) is 5.66. The highest BCUT2D eigenvalue weighted by Crippen LogP contribution is 2.40. The summed E-state index contributed by atoms with van der Waals surface area (Å²) in [4.78, 5) is 53.0. The number of aromatic amines is 1. The summed E-state index contributed by atoms with van der Waals surface area (Å²) in [5.41, 5.74) is 3.16. The van der Waals surface area contributed by atoms with Gasteiger partial charge in [0.2, 0.25) is 0 Å². The Kier molecular flexibility index (Phi) is 7.91. The Morgan fingerprint density at radius 3 is 2.81 bits per heavy atom. The molecule has 0 aliphatic heterocycles. The molecular weight excluding hydrogens is 551 g/mol. The van der Waals surface area contributed by atoms with Crippen LogP contribution in [0.2, 0.25) is 0 Å². The van der Waals surface area contributed by atoms with E-state index in [1.165, 1.54) is 0 Å². The van der Waals surface area contributed by atoms with E-state index in [9.17, 15) is 24.0 Å². The van der Waals surface area contributed by atoms with Gasteiger partial charge < -0.3 is 20.1 Å². The number of tetrazole rings is 1. The van der Waals surface area contributed by atoms with Gasteiger partial charge in [-0.2, -0.15) is 0 Å². The number of aryl methyl sites for hydroxylation is 3. The zero-order valence-corrected chi connectivity index (χ0v) is 22.7. The third-order valence-corrected chi connectivity index (χ3v) is 7.28. The Bertz CT molecular complexity index is 1750. The summed E-state index contributed by atoms with van der Waals surface area (Å²) >= 11 is 0. The first-order chi connectivity index (χ1) is 20.2. The molecule has 1 aliphatic carbocycles. The van der Waals surface area contributed by atoms with Gasteiger partial charge in [0.25, 0.3) is 11.5 Å². The van der Waals surface area contributed by atoms with Crippen molar-refractivity contribution >= 4 is 34.4 Å². The van der Waals surface area contributed by atoms with Crippen LogP contribution in [0.5, 0.6) is 0 Å².